The molecule has 7 heteroatoms. The van der Waals surface area contributed by atoms with Crippen molar-refractivity contribution < 1.29 is 5.17 Å². The highest BCUT2D eigenvalue weighted by Crippen LogP contribution is 2.22. The maximum atomic E-state index is 12.7. The van der Waals surface area contributed by atoms with Crippen molar-refractivity contribution >= 4 is 46.6 Å². The molecule has 0 fully saturated rings. The molecule has 0 saturated heterocycles. The summed E-state index contributed by atoms with van der Waals surface area (Å²) < 4.78 is 0. The highest BCUT2D eigenvalue weighted by molar-refractivity contribution is 5.82. The summed E-state index contributed by atoms with van der Waals surface area (Å²) in [5, 5.41) is 21.0. The van der Waals surface area contributed by atoms with Crippen LogP contribution < -0.4 is 10.6 Å². The zero-order chi connectivity index (χ0) is 26.7. The number of anilines is 1. The van der Waals surface area contributed by atoms with Gasteiger partial charge in [0.25, 0.3) is 0 Å². The molecule has 0 amide bonds. The number of quaternary nitrogens is 1. The average molecular weight is 511 g/mol. The molecule has 0 bridgehead atoms. The maximum Gasteiger partial charge on any atom is 0.155 e. The first-order chi connectivity index (χ1) is 19.2. The zero-order valence-corrected chi connectivity index (χ0v) is 21.1. The lowest BCUT2D eigenvalue weighted by Gasteiger charge is -2.22. The Hall–Kier alpha value is -5.24. The van der Waals surface area contributed by atoms with Gasteiger partial charge in [0.2, 0.25) is 0 Å². The Morgan fingerprint density at radius 1 is 0.487 bits per heavy atom. The summed E-state index contributed by atoms with van der Waals surface area (Å²) in [5.41, 5.74) is 9.21. The van der Waals surface area contributed by atoms with Crippen molar-refractivity contribution in [3.63, 3.8) is 0 Å². The number of azo groups is 1. The molecule has 0 aromatic heterocycles. The Morgan fingerprint density at radius 2 is 0.897 bits per heavy atom. The average Bonchev–Trinajstić information content (AvgIpc) is 3.00. The minimum absolute atomic E-state index is 0.203. The maximum absolute atomic E-state index is 12.7. The van der Waals surface area contributed by atoms with E-state index in [1.807, 2.05) is 122 Å². The van der Waals surface area contributed by atoms with E-state index < -0.39 is 0 Å². The Balaban J connectivity index is 1.14. The molecule has 1 unspecified atom stereocenters. The molecule has 190 valence electrons. The molecule has 5 aromatic carbocycles. The lowest BCUT2D eigenvalue weighted by atomic mass is 10.2. The van der Waals surface area contributed by atoms with Crippen LogP contribution in [0.3, 0.4) is 0 Å². The lowest BCUT2D eigenvalue weighted by Crippen LogP contribution is -3.05. The molecule has 0 aliphatic carbocycles. The predicted molar refractivity (Wildman–Crippen MR) is 159 cm³/mol. The summed E-state index contributed by atoms with van der Waals surface area (Å²) in [6.45, 7) is 0. The van der Waals surface area contributed by atoms with Gasteiger partial charge in [0.15, 0.2) is 5.69 Å². The van der Waals surface area contributed by atoms with Crippen LogP contribution in [0.2, 0.25) is 0 Å². The Morgan fingerprint density at radius 3 is 1.38 bits per heavy atom. The summed E-state index contributed by atoms with van der Waals surface area (Å²) >= 11 is 0. The number of aliphatic imine (C=N–C) groups is 2. The van der Waals surface area contributed by atoms with Crippen LogP contribution in [0, 0.1) is 5.21 Å². The molecule has 1 atom stereocenters. The minimum Gasteiger partial charge on any atom is -0.603 e. The van der Waals surface area contributed by atoms with Gasteiger partial charge in [0, 0.05) is 24.6 Å². The molecular formula is C32H26N6O. The van der Waals surface area contributed by atoms with Gasteiger partial charge in [-0.05, 0) is 71.8 Å². The largest absolute Gasteiger partial charge is 0.603 e. The molecule has 0 saturated carbocycles. The molecule has 39 heavy (non-hydrogen) atoms. The van der Waals surface area contributed by atoms with Gasteiger partial charge in [0.1, 0.15) is 0 Å². The second-order valence-corrected chi connectivity index (χ2v) is 8.60. The third kappa shape index (κ3) is 7.62. The van der Waals surface area contributed by atoms with E-state index in [1.54, 1.807) is 24.3 Å². The molecule has 0 radical (unpaired) electrons. The molecule has 7 nitrogen and oxygen atoms in total. The van der Waals surface area contributed by atoms with E-state index in [2.05, 4.69) is 25.6 Å². The number of benzene rings is 5. The minimum atomic E-state index is -0.203. The Bertz CT molecular complexity index is 1550. The van der Waals surface area contributed by atoms with E-state index in [-0.39, 0.29) is 5.17 Å². The van der Waals surface area contributed by atoms with E-state index in [0.717, 1.165) is 22.5 Å². The SMILES string of the molecule is [O-][NH+](Nc1ccc(N=Cc2ccccc2)cc1)c1ccc(N=Nc2ccc(N=Cc3ccccc3)cc2)cc1. The summed E-state index contributed by atoms with van der Waals surface area (Å²) in [4.78, 5) is 8.94. The molecular weight excluding hydrogens is 484 g/mol. The van der Waals surface area contributed by atoms with E-state index in [4.69, 9.17) is 0 Å². The van der Waals surface area contributed by atoms with Gasteiger partial charge >= 0.3 is 0 Å². The van der Waals surface area contributed by atoms with E-state index in [9.17, 15) is 5.21 Å². The summed E-state index contributed by atoms with van der Waals surface area (Å²) in [5.74, 6) is 0. The van der Waals surface area contributed by atoms with Gasteiger partial charge in [-0.25, -0.2) is 10.6 Å². The quantitative estimate of drug-likeness (QED) is 0.121. The molecule has 0 heterocycles. The fourth-order valence-corrected chi connectivity index (χ4v) is 3.61. The fraction of sp³-hybridized carbons (Fsp3) is 0. The third-order valence-corrected chi connectivity index (χ3v) is 5.71. The second kappa shape index (κ2) is 12.8. The van der Waals surface area contributed by atoms with Gasteiger partial charge in [-0.1, -0.05) is 60.7 Å². The van der Waals surface area contributed by atoms with Crippen LogP contribution in [0.5, 0.6) is 0 Å². The van der Waals surface area contributed by atoms with Gasteiger partial charge in [-0.2, -0.15) is 10.2 Å². The van der Waals surface area contributed by atoms with Crippen molar-refractivity contribution in [1.29, 1.82) is 0 Å². The lowest BCUT2D eigenvalue weighted by molar-refractivity contribution is -0.749. The molecule has 5 aromatic rings. The number of nitrogens with one attached hydrogen (secondary N) is 2. The molecule has 0 aliphatic heterocycles. The van der Waals surface area contributed by atoms with Gasteiger partial charge < -0.3 is 5.21 Å². The van der Waals surface area contributed by atoms with Gasteiger partial charge in [-0.15, -0.1) is 0 Å². The first-order valence-corrected chi connectivity index (χ1v) is 12.4. The first-order valence-electron chi connectivity index (χ1n) is 12.4. The zero-order valence-electron chi connectivity index (χ0n) is 21.1. The summed E-state index contributed by atoms with van der Waals surface area (Å²) in [7, 11) is 0. The standard InChI is InChI=1S/C32H26N6O/c39-38(37-31-17-13-28(14-18-31)34-24-26-9-5-2-6-10-26)32-21-19-30(20-22-32)36-35-29-15-11-27(12-16-29)33-23-25-7-3-1-4-8-25/h1-24,37-38H. The Kier molecular flexibility index (Phi) is 8.36. The van der Waals surface area contributed by atoms with Crippen LogP contribution in [0.1, 0.15) is 11.1 Å². The third-order valence-electron chi connectivity index (χ3n) is 5.71. The van der Waals surface area contributed by atoms with Gasteiger partial charge in [0.05, 0.1) is 28.4 Å². The smallest absolute Gasteiger partial charge is 0.155 e. The number of nitrogens with zero attached hydrogens (tertiary/aromatic N) is 4. The van der Waals surface area contributed by atoms with Crippen molar-refractivity contribution in [3.05, 3.63) is 150 Å². The molecule has 2 N–H and O–H groups in total. The second-order valence-electron chi connectivity index (χ2n) is 8.60. The van der Waals surface area contributed by atoms with Crippen molar-refractivity contribution in [2.24, 2.45) is 20.2 Å². The highest BCUT2D eigenvalue weighted by atomic mass is 16.5. The monoisotopic (exact) mass is 510 g/mol. The number of rotatable bonds is 9. The van der Waals surface area contributed by atoms with Crippen molar-refractivity contribution in [1.82, 2.24) is 0 Å². The molecule has 5 rings (SSSR count). The summed E-state index contributed by atoms with van der Waals surface area (Å²) in [6, 6.07) is 41.7. The van der Waals surface area contributed by atoms with Crippen LogP contribution in [-0.2, 0) is 0 Å². The van der Waals surface area contributed by atoms with Crippen LogP contribution in [0.4, 0.5) is 34.1 Å². The van der Waals surface area contributed by atoms with Crippen LogP contribution in [-0.4, -0.2) is 12.4 Å². The van der Waals surface area contributed by atoms with E-state index >= 15 is 0 Å². The topological polar surface area (TPSA) is 89.0 Å². The summed E-state index contributed by atoms with van der Waals surface area (Å²) in [6.07, 6.45) is 3.63. The van der Waals surface area contributed by atoms with E-state index in [0.29, 0.717) is 22.7 Å². The highest BCUT2D eigenvalue weighted by Gasteiger charge is 2.04. The van der Waals surface area contributed by atoms with Crippen molar-refractivity contribution in [3.8, 4) is 0 Å². The fourth-order valence-electron chi connectivity index (χ4n) is 3.61. The van der Waals surface area contributed by atoms with Gasteiger partial charge in [-0.3, -0.25) is 9.98 Å². The molecule has 0 aliphatic rings. The first kappa shape index (κ1) is 25.4. The van der Waals surface area contributed by atoms with Crippen LogP contribution in [0.25, 0.3) is 0 Å². The predicted octanol–water partition coefficient (Wildman–Crippen LogP) is 7.64. The van der Waals surface area contributed by atoms with Crippen LogP contribution in [0.15, 0.2) is 154 Å². The number of hydrogen-bond acceptors (Lipinski definition) is 6. The van der Waals surface area contributed by atoms with E-state index in [1.165, 1.54) is 0 Å². The Labute approximate surface area is 227 Å². The molecule has 0 spiro atoms. The van der Waals surface area contributed by atoms with Crippen molar-refractivity contribution in [2.75, 3.05) is 5.43 Å². The van der Waals surface area contributed by atoms with Crippen molar-refractivity contribution in [2.45, 2.75) is 0 Å². The van der Waals surface area contributed by atoms with Crippen LogP contribution >= 0.6 is 0 Å². The normalized spacial score (nSPS) is 12.3. The number of hydrogen-bond donors (Lipinski definition) is 2.